The van der Waals surface area contributed by atoms with Crippen LogP contribution in [0.2, 0.25) is 0 Å². The number of benzene rings is 1. The molecule has 2 aromatic rings. The lowest BCUT2D eigenvalue weighted by Crippen LogP contribution is -1.97. The molecule has 0 atom stereocenters. The zero-order valence-electron chi connectivity index (χ0n) is 6.90. The minimum Gasteiger partial charge on any atom is -0.335 e. The molecule has 0 fully saturated rings. The first-order valence-corrected chi connectivity index (χ1v) is 5.53. The van der Waals surface area contributed by atoms with E-state index in [9.17, 15) is 8.42 Å². The maximum atomic E-state index is 11.3. The molecule has 1 radical (unpaired) electrons. The average Bonchev–Trinajstić information content (AvgIpc) is 2.48. The van der Waals surface area contributed by atoms with E-state index in [-0.39, 0.29) is 4.90 Å². The Morgan fingerprint density at radius 2 is 2.23 bits per heavy atom. The van der Waals surface area contributed by atoms with Gasteiger partial charge in [0.15, 0.2) is 16.2 Å². The number of rotatable bonds is 1. The third-order valence-corrected chi connectivity index (χ3v) is 2.89. The van der Waals surface area contributed by atoms with Gasteiger partial charge in [0.2, 0.25) is 0 Å². The van der Waals surface area contributed by atoms with Gasteiger partial charge in [-0.15, -0.1) is 0 Å². The van der Waals surface area contributed by atoms with Crippen molar-refractivity contribution in [3.05, 3.63) is 24.5 Å². The summed E-state index contributed by atoms with van der Waals surface area (Å²) in [5.41, 5.74) is 1.13. The maximum absolute atomic E-state index is 11.3. The quantitative estimate of drug-likeness (QED) is 0.730. The normalized spacial score (nSPS) is 12.1. The summed E-state index contributed by atoms with van der Waals surface area (Å²) in [5.74, 6) is 0. The Bertz CT molecular complexity index is 542. The van der Waals surface area contributed by atoms with E-state index in [0.29, 0.717) is 11.0 Å². The van der Waals surface area contributed by atoms with Crippen molar-refractivity contribution in [1.82, 2.24) is 9.97 Å². The van der Waals surface area contributed by atoms with Crippen LogP contribution in [-0.4, -0.2) is 24.6 Å². The molecular formula is C8H7N2O2S. The second kappa shape index (κ2) is 2.56. The zero-order valence-corrected chi connectivity index (χ0v) is 7.72. The van der Waals surface area contributed by atoms with Crippen LogP contribution in [0.15, 0.2) is 23.1 Å². The number of sulfone groups is 1. The molecule has 1 N–H and O–H groups in total. The predicted octanol–water partition coefficient (Wildman–Crippen LogP) is 0.767. The molecule has 1 heterocycles. The summed E-state index contributed by atoms with van der Waals surface area (Å²) in [6.07, 6.45) is 3.67. The average molecular weight is 195 g/mol. The van der Waals surface area contributed by atoms with Gasteiger partial charge in [0.25, 0.3) is 0 Å². The van der Waals surface area contributed by atoms with Crippen LogP contribution >= 0.6 is 0 Å². The van der Waals surface area contributed by atoms with Crippen molar-refractivity contribution in [3.63, 3.8) is 0 Å². The Kier molecular flexibility index (Phi) is 1.63. The first kappa shape index (κ1) is 8.25. The van der Waals surface area contributed by atoms with Gasteiger partial charge in [0.05, 0.1) is 10.4 Å². The van der Waals surface area contributed by atoms with E-state index in [0.717, 1.165) is 6.26 Å². The van der Waals surface area contributed by atoms with Crippen LogP contribution in [-0.2, 0) is 9.84 Å². The number of para-hydroxylation sites is 1. The molecule has 0 saturated carbocycles. The van der Waals surface area contributed by atoms with Gasteiger partial charge in [-0.1, -0.05) is 6.07 Å². The van der Waals surface area contributed by atoms with E-state index in [2.05, 4.69) is 16.3 Å². The molecule has 0 saturated heterocycles. The summed E-state index contributed by atoms with van der Waals surface area (Å²) in [7, 11) is -3.20. The van der Waals surface area contributed by atoms with Crippen molar-refractivity contribution in [1.29, 1.82) is 0 Å². The van der Waals surface area contributed by atoms with Crippen LogP contribution in [0.1, 0.15) is 0 Å². The molecule has 5 heteroatoms. The van der Waals surface area contributed by atoms with Crippen LogP contribution in [0.5, 0.6) is 0 Å². The third-order valence-electron chi connectivity index (χ3n) is 1.76. The molecule has 0 aliphatic rings. The number of imidazole rings is 1. The molecule has 67 valence electrons. The van der Waals surface area contributed by atoms with Gasteiger partial charge < -0.3 is 4.98 Å². The number of hydrogen-bond donors (Lipinski definition) is 1. The van der Waals surface area contributed by atoms with Crippen LogP contribution in [0.25, 0.3) is 11.0 Å². The standard InChI is InChI=1S/C8H7N2O2S/c1-13(11,12)7-4-2-3-6-8(7)10-5-9-6/h2-4H,1H3,(H,9,10). The molecule has 0 unspecified atom stereocenters. The highest BCUT2D eigenvalue weighted by atomic mass is 32.2. The molecule has 13 heavy (non-hydrogen) atoms. The topological polar surface area (TPSA) is 62.8 Å². The summed E-state index contributed by atoms with van der Waals surface area (Å²) in [4.78, 5) is 6.80. The van der Waals surface area contributed by atoms with Gasteiger partial charge in [-0.25, -0.2) is 13.4 Å². The van der Waals surface area contributed by atoms with Crippen molar-refractivity contribution < 1.29 is 8.42 Å². The fourth-order valence-electron chi connectivity index (χ4n) is 1.18. The fourth-order valence-corrected chi connectivity index (χ4v) is 2.01. The van der Waals surface area contributed by atoms with Gasteiger partial charge >= 0.3 is 0 Å². The first-order chi connectivity index (χ1) is 6.09. The molecular weight excluding hydrogens is 188 g/mol. The molecule has 4 nitrogen and oxygen atoms in total. The monoisotopic (exact) mass is 195 g/mol. The Morgan fingerprint density at radius 1 is 1.46 bits per heavy atom. The summed E-state index contributed by atoms with van der Waals surface area (Å²) in [6.45, 7) is 0. The van der Waals surface area contributed by atoms with Crippen LogP contribution in [0.3, 0.4) is 0 Å². The van der Waals surface area contributed by atoms with Gasteiger partial charge in [-0.05, 0) is 12.1 Å². The van der Waals surface area contributed by atoms with Crippen molar-refractivity contribution >= 4 is 20.9 Å². The lowest BCUT2D eigenvalue weighted by atomic mass is 10.3. The Hall–Kier alpha value is -1.36. The molecule has 0 aliphatic heterocycles. The van der Waals surface area contributed by atoms with E-state index in [1.807, 2.05) is 0 Å². The number of nitrogens with one attached hydrogen (secondary N) is 1. The lowest BCUT2D eigenvalue weighted by molar-refractivity contribution is 0.602. The second-order valence-electron chi connectivity index (χ2n) is 2.77. The first-order valence-electron chi connectivity index (χ1n) is 3.64. The Morgan fingerprint density at radius 3 is 2.92 bits per heavy atom. The summed E-state index contributed by atoms with van der Waals surface area (Å²) < 4.78 is 22.6. The van der Waals surface area contributed by atoms with Crippen molar-refractivity contribution in [2.75, 3.05) is 6.26 Å². The van der Waals surface area contributed by atoms with Gasteiger partial charge in [-0.2, -0.15) is 0 Å². The van der Waals surface area contributed by atoms with Crippen LogP contribution < -0.4 is 0 Å². The molecule has 0 bridgehead atoms. The largest absolute Gasteiger partial charge is 0.335 e. The highest BCUT2D eigenvalue weighted by Crippen LogP contribution is 2.18. The van der Waals surface area contributed by atoms with Crippen molar-refractivity contribution in [3.8, 4) is 0 Å². The molecule has 1 aromatic heterocycles. The number of fused-ring (bicyclic) bond motifs is 1. The highest BCUT2D eigenvalue weighted by Gasteiger charge is 2.12. The predicted molar refractivity (Wildman–Crippen MR) is 48.0 cm³/mol. The van der Waals surface area contributed by atoms with Gasteiger partial charge in [-0.3, -0.25) is 0 Å². The molecule has 0 aliphatic carbocycles. The lowest BCUT2D eigenvalue weighted by Gasteiger charge is -1.97. The fraction of sp³-hybridized carbons (Fsp3) is 0.125. The number of hydrogen-bond acceptors (Lipinski definition) is 3. The summed E-state index contributed by atoms with van der Waals surface area (Å²) >= 11 is 0. The minimum absolute atomic E-state index is 0.238. The van der Waals surface area contributed by atoms with E-state index < -0.39 is 9.84 Å². The van der Waals surface area contributed by atoms with Crippen LogP contribution in [0, 0.1) is 6.33 Å². The highest BCUT2D eigenvalue weighted by molar-refractivity contribution is 7.91. The summed E-state index contributed by atoms with van der Waals surface area (Å²) in [6, 6.07) is 4.96. The minimum atomic E-state index is -3.20. The van der Waals surface area contributed by atoms with Crippen molar-refractivity contribution in [2.45, 2.75) is 4.90 Å². The third kappa shape index (κ3) is 1.31. The Balaban J connectivity index is 2.91. The summed E-state index contributed by atoms with van der Waals surface area (Å²) in [5, 5.41) is 0. The molecule has 0 amide bonds. The SMILES string of the molecule is CS(=O)(=O)c1cccc2[nH][c]nc12. The second-order valence-corrected chi connectivity index (χ2v) is 4.76. The van der Waals surface area contributed by atoms with Gasteiger partial charge in [0.1, 0.15) is 5.52 Å². The van der Waals surface area contributed by atoms with E-state index >= 15 is 0 Å². The van der Waals surface area contributed by atoms with Crippen molar-refractivity contribution in [2.24, 2.45) is 0 Å². The van der Waals surface area contributed by atoms with E-state index in [1.54, 1.807) is 12.1 Å². The number of H-pyrrole nitrogens is 1. The van der Waals surface area contributed by atoms with E-state index in [4.69, 9.17) is 0 Å². The molecule has 1 aromatic carbocycles. The van der Waals surface area contributed by atoms with E-state index in [1.165, 1.54) is 6.07 Å². The van der Waals surface area contributed by atoms with Gasteiger partial charge in [0, 0.05) is 6.26 Å². The number of aromatic nitrogens is 2. The van der Waals surface area contributed by atoms with Crippen LogP contribution in [0.4, 0.5) is 0 Å². The zero-order chi connectivity index (χ0) is 9.47. The number of aromatic amines is 1. The number of nitrogens with zero attached hydrogens (tertiary/aromatic N) is 1. The smallest absolute Gasteiger partial charge is 0.177 e. The molecule has 0 spiro atoms. The Labute approximate surface area is 75.5 Å². The maximum Gasteiger partial charge on any atom is 0.177 e. The molecule has 2 rings (SSSR count).